The van der Waals surface area contributed by atoms with E-state index in [-0.39, 0.29) is 30.1 Å². The maximum atomic E-state index is 6.03. The lowest BCUT2D eigenvalue weighted by Gasteiger charge is -2.35. The predicted octanol–water partition coefficient (Wildman–Crippen LogP) is 3.91. The molecule has 2 aliphatic rings. The highest BCUT2D eigenvalue weighted by atomic mass is 127. The van der Waals surface area contributed by atoms with Gasteiger partial charge < -0.3 is 19.7 Å². The molecule has 1 aliphatic carbocycles. The molecule has 1 saturated carbocycles. The second kappa shape index (κ2) is 11.9. The SMILES string of the molecule is CN=C(NCCCOC1CCCC1)N1CCOC(c2ccccc2C)C1.I. The van der Waals surface area contributed by atoms with Crippen molar-refractivity contribution >= 4 is 29.9 Å². The van der Waals surface area contributed by atoms with Crippen LogP contribution in [0.25, 0.3) is 0 Å². The molecule has 5 nitrogen and oxygen atoms in total. The number of rotatable bonds is 6. The van der Waals surface area contributed by atoms with E-state index in [0.29, 0.717) is 6.10 Å². The molecule has 1 saturated heterocycles. The normalized spacial score (nSPS) is 21.2. The van der Waals surface area contributed by atoms with Crippen molar-refractivity contribution in [2.45, 2.75) is 51.2 Å². The Bertz CT molecular complexity index is 591. The van der Waals surface area contributed by atoms with Crippen molar-refractivity contribution in [1.82, 2.24) is 10.2 Å². The largest absolute Gasteiger partial charge is 0.378 e. The minimum Gasteiger partial charge on any atom is -0.378 e. The summed E-state index contributed by atoms with van der Waals surface area (Å²) >= 11 is 0. The summed E-state index contributed by atoms with van der Waals surface area (Å²) in [6.45, 7) is 6.32. The van der Waals surface area contributed by atoms with Gasteiger partial charge in [-0.05, 0) is 37.3 Å². The molecule has 0 spiro atoms. The average molecular weight is 487 g/mol. The topological polar surface area (TPSA) is 46.1 Å². The third-order valence-corrected chi connectivity index (χ3v) is 5.37. The van der Waals surface area contributed by atoms with Crippen molar-refractivity contribution < 1.29 is 9.47 Å². The molecule has 152 valence electrons. The Morgan fingerprint density at radius 2 is 2.07 bits per heavy atom. The Hall–Kier alpha value is -0.860. The van der Waals surface area contributed by atoms with Crippen LogP contribution in [0, 0.1) is 6.92 Å². The van der Waals surface area contributed by atoms with Crippen LogP contribution in [0.5, 0.6) is 0 Å². The van der Waals surface area contributed by atoms with Crippen molar-refractivity contribution in [1.29, 1.82) is 0 Å². The number of benzene rings is 1. The van der Waals surface area contributed by atoms with E-state index in [2.05, 4.69) is 46.4 Å². The molecule has 1 aromatic rings. The minimum atomic E-state index is 0. The molecule has 1 atom stereocenters. The summed E-state index contributed by atoms with van der Waals surface area (Å²) in [5.74, 6) is 0.966. The predicted molar refractivity (Wildman–Crippen MR) is 121 cm³/mol. The van der Waals surface area contributed by atoms with Gasteiger partial charge >= 0.3 is 0 Å². The van der Waals surface area contributed by atoms with Crippen molar-refractivity contribution in [3.63, 3.8) is 0 Å². The van der Waals surface area contributed by atoms with E-state index < -0.39 is 0 Å². The maximum Gasteiger partial charge on any atom is 0.193 e. The van der Waals surface area contributed by atoms with E-state index in [1.54, 1.807) is 0 Å². The van der Waals surface area contributed by atoms with E-state index >= 15 is 0 Å². The van der Waals surface area contributed by atoms with Gasteiger partial charge in [0.15, 0.2) is 5.96 Å². The molecule has 0 bridgehead atoms. The summed E-state index contributed by atoms with van der Waals surface area (Å²) in [6, 6.07) is 8.48. The number of morpholine rings is 1. The van der Waals surface area contributed by atoms with Gasteiger partial charge in [0.1, 0.15) is 6.10 Å². The highest BCUT2D eigenvalue weighted by Crippen LogP contribution is 2.25. The van der Waals surface area contributed by atoms with Crippen molar-refractivity contribution in [2.75, 3.05) is 39.9 Å². The summed E-state index contributed by atoms with van der Waals surface area (Å²) in [4.78, 5) is 6.78. The lowest BCUT2D eigenvalue weighted by atomic mass is 10.0. The summed E-state index contributed by atoms with van der Waals surface area (Å²) in [5, 5.41) is 3.49. The first-order valence-corrected chi connectivity index (χ1v) is 10.0. The number of nitrogens with one attached hydrogen (secondary N) is 1. The standard InChI is InChI=1S/C21H33N3O2.HI/c1-17-8-3-6-11-19(17)20-16-24(13-15-26-20)21(22-2)23-12-7-14-25-18-9-4-5-10-18;/h3,6,8,11,18,20H,4-5,7,9-10,12-16H2,1-2H3,(H,22,23);1H. The van der Waals surface area contributed by atoms with E-state index in [1.165, 1.54) is 36.8 Å². The van der Waals surface area contributed by atoms with Crippen LogP contribution >= 0.6 is 24.0 Å². The van der Waals surface area contributed by atoms with Gasteiger partial charge in [-0.1, -0.05) is 37.1 Å². The first kappa shape index (κ1) is 22.4. The molecule has 1 aliphatic heterocycles. The second-order valence-corrected chi connectivity index (χ2v) is 7.27. The lowest BCUT2D eigenvalue weighted by molar-refractivity contribution is -0.00838. The zero-order valence-electron chi connectivity index (χ0n) is 16.7. The van der Waals surface area contributed by atoms with Crippen LogP contribution < -0.4 is 5.32 Å². The Balaban J connectivity index is 0.00000261. The van der Waals surface area contributed by atoms with Crippen LogP contribution in [0.4, 0.5) is 0 Å². The molecular weight excluding hydrogens is 453 g/mol. The number of nitrogens with zero attached hydrogens (tertiary/aromatic N) is 2. The fourth-order valence-corrected chi connectivity index (χ4v) is 3.89. The fraction of sp³-hybridized carbons (Fsp3) is 0.667. The number of aryl methyl sites for hydroxylation is 1. The lowest BCUT2D eigenvalue weighted by Crippen LogP contribution is -2.48. The molecule has 1 unspecified atom stereocenters. The molecule has 0 amide bonds. The zero-order chi connectivity index (χ0) is 18.2. The smallest absolute Gasteiger partial charge is 0.193 e. The number of hydrogen-bond donors (Lipinski definition) is 1. The Morgan fingerprint density at radius 3 is 2.81 bits per heavy atom. The highest BCUT2D eigenvalue weighted by molar-refractivity contribution is 14.0. The second-order valence-electron chi connectivity index (χ2n) is 7.27. The molecule has 0 radical (unpaired) electrons. The van der Waals surface area contributed by atoms with Crippen LogP contribution in [-0.4, -0.2) is 56.9 Å². The van der Waals surface area contributed by atoms with Crippen LogP contribution in [0.2, 0.25) is 0 Å². The molecule has 6 heteroatoms. The molecule has 27 heavy (non-hydrogen) atoms. The van der Waals surface area contributed by atoms with Gasteiger partial charge in [-0.2, -0.15) is 0 Å². The summed E-state index contributed by atoms with van der Waals surface area (Å²) in [7, 11) is 1.86. The molecule has 1 N–H and O–H groups in total. The molecule has 2 fully saturated rings. The van der Waals surface area contributed by atoms with Gasteiger partial charge in [-0.25, -0.2) is 0 Å². The molecule has 1 aromatic carbocycles. The monoisotopic (exact) mass is 487 g/mol. The molecule has 3 rings (SSSR count). The van der Waals surface area contributed by atoms with Gasteiger partial charge in [0.25, 0.3) is 0 Å². The van der Waals surface area contributed by atoms with Crippen LogP contribution in [0.1, 0.15) is 49.3 Å². The fourth-order valence-electron chi connectivity index (χ4n) is 3.89. The average Bonchev–Trinajstić information content (AvgIpc) is 3.19. The number of ether oxygens (including phenoxy) is 2. The summed E-state index contributed by atoms with van der Waals surface area (Å²) in [6.07, 6.45) is 6.76. The van der Waals surface area contributed by atoms with Crippen LogP contribution in [-0.2, 0) is 9.47 Å². The molecule has 0 aromatic heterocycles. The van der Waals surface area contributed by atoms with E-state index in [1.807, 2.05) is 7.05 Å². The maximum absolute atomic E-state index is 6.03. The van der Waals surface area contributed by atoms with Crippen molar-refractivity contribution in [2.24, 2.45) is 4.99 Å². The first-order valence-electron chi connectivity index (χ1n) is 10.0. The molecule has 1 heterocycles. The van der Waals surface area contributed by atoms with E-state index in [4.69, 9.17) is 9.47 Å². The van der Waals surface area contributed by atoms with Gasteiger partial charge in [0.05, 0.1) is 19.3 Å². The van der Waals surface area contributed by atoms with Crippen molar-refractivity contribution in [3.8, 4) is 0 Å². The van der Waals surface area contributed by atoms with Gasteiger partial charge in [-0.3, -0.25) is 4.99 Å². The van der Waals surface area contributed by atoms with E-state index in [0.717, 1.165) is 45.2 Å². The van der Waals surface area contributed by atoms with Crippen LogP contribution in [0.3, 0.4) is 0 Å². The Kier molecular flexibility index (Phi) is 9.86. The third kappa shape index (κ3) is 6.61. The van der Waals surface area contributed by atoms with Gasteiger partial charge in [0, 0.05) is 26.7 Å². The van der Waals surface area contributed by atoms with Gasteiger partial charge in [-0.15, -0.1) is 24.0 Å². The number of hydrogen-bond acceptors (Lipinski definition) is 3. The first-order chi connectivity index (χ1) is 12.8. The molecular formula is C21H34IN3O2. The number of halogens is 1. The van der Waals surface area contributed by atoms with E-state index in [9.17, 15) is 0 Å². The highest BCUT2D eigenvalue weighted by Gasteiger charge is 2.25. The Labute approximate surface area is 180 Å². The van der Waals surface area contributed by atoms with Gasteiger partial charge in [0.2, 0.25) is 0 Å². The number of guanidine groups is 1. The van der Waals surface area contributed by atoms with Crippen LogP contribution in [0.15, 0.2) is 29.3 Å². The third-order valence-electron chi connectivity index (χ3n) is 5.37. The minimum absolute atomic E-state index is 0. The quantitative estimate of drug-likeness (QED) is 0.286. The summed E-state index contributed by atoms with van der Waals surface area (Å²) in [5.41, 5.74) is 2.56. The summed E-state index contributed by atoms with van der Waals surface area (Å²) < 4.78 is 12.0. The zero-order valence-corrected chi connectivity index (χ0v) is 19.0. The number of aliphatic imine (C=N–C) groups is 1. The Morgan fingerprint density at radius 1 is 1.30 bits per heavy atom. The van der Waals surface area contributed by atoms with Crippen molar-refractivity contribution in [3.05, 3.63) is 35.4 Å².